The van der Waals surface area contributed by atoms with Gasteiger partial charge in [0.05, 0.1) is 23.3 Å². The molecule has 2 saturated heterocycles. The maximum absolute atomic E-state index is 14.3. The lowest BCUT2D eigenvalue weighted by Crippen LogP contribution is -2.46. The molecule has 38 heavy (non-hydrogen) atoms. The van der Waals surface area contributed by atoms with Crippen molar-refractivity contribution in [1.29, 1.82) is 0 Å². The molecule has 1 aromatic carbocycles. The number of nitrogens with zero attached hydrogens (tertiary/aromatic N) is 4. The first-order chi connectivity index (χ1) is 17.9. The molecule has 3 fully saturated rings. The second kappa shape index (κ2) is 9.31. The summed E-state index contributed by atoms with van der Waals surface area (Å²) in [5, 5.41) is 2.56. The number of alkyl halides is 3. The summed E-state index contributed by atoms with van der Waals surface area (Å²) >= 11 is 0. The first kappa shape index (κ1) is 26.0. The third kappa shape index (κ3) is 4.60. The minimum Gasteiger partial charge on any atom is -0.349 e. The van der Waals surface area contributed by atoms with Gasteiger partial charge in [0.1, 0.15) is 11.9 Å². The van der Waals surface area contributed by atoms with Gasteiger partial charge in [0.2, 0.25) is 21.8 Å². The molecule has 0 spiro atoms. The van der Waals surface area contributed by atoms with Gasteiger partial charge in [0, 0.05) is 29.6 Å². The predicted molar refractivity (Wildman–Crippen MR) is 118 cm³/mol. The van der Waals surface area contributed by atoms with E-state index in [1.165, 1.54) is 6.07 Å². The van der Waals surface area contributed by atoms with Crippen molar-refractivity contribution in [3.8, 4) is 11.1 Å². The molecule has 3 aromatic rings. The Bertz CT molecular complexity index is 1510. The van der Waals surface area contributed by atoms with Gasteiger partial charge in [-0.05, 0) is 43.0 Å². The van der Waals surface area contributed by atoms with E-state index >= 15 is 0 Å². The van der Waals surface area contributed by atoms with E-state index in [2.05, 4.69) is 20.3 Å². The molecular formula is C23H17F6N5O3S. The van der Waals surface area contributed by atoms with Crippen LogP contribution in [0.2, 0.25) is 0 Å². The highest BCUT2D eigenvalue weighted by atomic mass is 32.2. The number of fused-ring (bicyclic) bond motifs is 1. The summed E-state index contributed by atoms with van der Waals surface area (Å²) in [6.45, 7) is -0.249. The van der Waals surface area contributed by atoms with Gasteiger partial charge in [0.15, 0.2) is 11.6 Å². The topological polar surface area (TPSA) is 105 Å². The predicted octanol–water partition coefficient (Wildman–Crippen LogP) is 3.44. The highest BCUT2D eigenvalue weighted by Crippen LogP contribution is 2.48. The van der Waals surface area contributed by atoms with Gasteiger partial charge in [-0.2, -0.15) is 17.5 Å². The van der Waals surface area contributed by atoms with Crippen LogP contribution in [0.25, 0.3) is 11.1 Å². The fraction of sp³-hybridized carbons (Fsp3) is 0.304. The van der Waals surface area contributed by atoms with Crippen LogP contribution in [0, 0.1) is 23.4 Å². The van der Waals surface area contributed by atoms with Crippen molar-refractivity contribution in [2.75, 3.05) is 0 Å². The lowest BCUT2D eigenvalue weighted by Gasteiger charge is -2.25. The zero-order chi connectivity index (χ0) is 27.4. The van der Waals surface area contributed by atoms with Crippen LogP contribution < -0.4 is 5.32 Å². The van der Waals surface area contributed by atoms with Crippen molar-refractivity contribution in [3.63, 3.8) is 0 Å². The van der Waals surface area contributed by atoms with Crippen LogP contribution in [0.5, 0.6) is 0 Å². The number of nitrogens with one attached hydrogen (secondary N) is 1. The van der Waals surface area contributed by atoms with Crippen LogP contribution >= 0.6 is 0 Å². The molecule has 4 heterocycles. The smallest absolute Gasteiger partial charge is 0.349 e. The largest absolute Gasteiger partial charge is 0.451 e. The number of halogens is 6. The highest BCUT2D eigenvalue weighted by Gasteiger charge is 2.58. The van der Waals surface area contributed by atoms with Crippen LogP contribution in [-0.2, 0) is 27.5 Å². The molecule has 15 heteroatoms. The van der Waals surface area contributed by atoms with E-state index in [1.54, 1.807) is 0 Å². The lowest BCUT2D eigenvalue weighted by molar-refractivity contribution is -0.145. The number of carbonyl (C=O) groups is 1. The number of sulfonamides is 1. The number of amides is 1. The molecule has 3 aliphatic rings. The Kier molecular flexibility index (Phi) is 6.38. The first-order valence-electron chi connectivity index (χ1n) is 11.2. The normalized spacial score (nSPS) is 21.3. The zero-order valence-corrected chi connectivity index (χ0v) is 19.9. The molecule has 0 unspecified atom stereocenters. The fourth-order valence-corrected chi connectivity index (χ4v) is 6.53. The molecule has 1 atom stereocenters. The number of carbonyl (C=O) groups excluding carboxylic acids is 1. The summed E-state index contributed by atoms with van der Waals surface area (Å²) in [6.07, 6.45) is -1.48. The van der Waals surface area contributed by atoms with Crippen LogP contribution in [-0.4, -0.2) is 45.7 Å². The van der Waals surface area contributed by atoms with E-state index < -0.39 is 62.4 Å². The van der Waals surface area contributed by atoms with Gasteiger partial charge in [0.25, 0.3) is 0 Å². The van der Waals surface area contributed by atoms with Crippen molar-refractivity contribution in [2.24, 2.45) is 5.92 Å². The molecule has 200 valence electrons. The molecule has 1 amide bonds. The van der Waals surface area contributed by atoms with E-state index in [4.69, 9.17) is 0 Å². The molecule has 2 bridgehead atoms. The van der Waals surface area contributed by atoms with E-state index in [0.29, 0.717) is 25.0 Å². The van der Waals surface area contributed by atoms with Crippen LogP contribution in [0.4, 0.5) is 26.3 Å². The van der Waals surface area contributed by atoms with Crippen LogP contribution in [0.15, 0.2) is 47.8 Å². The number of benzene rings is 1. The number of aromatic nitrogens is 3. The maximum atomic E-state index is 14.3. The summed E-state index contributed by atoms with van der Waals surface area (Å²) < 4.78 is 107. The summed E-state index contributed by atoms with van der Waals surface area (Å²) in [5.74, 6) is -5.73. The van der Waals surface area contributed by atoms with Gasteiger partial charge >= 0.3 is 6.18 Å². The molecule has 0 radical (unpaired) electrons. The number of hydrogen-bond donors (Lipinski definition) is 1. The Balaban J connectivity index is 1.33. The second-order valence-corrected chi connectivity index (χ2v) is 10.8. The molecule has 2 aliphatic heterocycles. The monoisotopic (exact) mass is 557 g/mol. The number of rotatable bonds is 6. The second-order valence-electron chi connectivity index (χ2n) is 8.91. The van der Waals surface area contributed by atoms with E-state index in [-0.39, 0.29) is 29.3 Å². The fourth-order valence-electron chi connectivity index (χ4n) is 4.66. The first-order valence-corrected chi connectivity index (χ1v) is 12.6. The third-order valence-corrected chi connectivity index (χ3v) is 8.47. The average Bonchev–Trinajstić information content (AvgIpc) is 3.42. The molecule has 1 N–H and O–H groups in total. The lowest BCUT2D eigenvalue weighted by atomic mass is 9.83. The van der Waals surface area contributed by atoms with Gasteiger partial charge in [-0.25, -0.2) is 31.6 Å². The molecule has 1 saturated carbocycles. The quantitative estimate of drug-likeness (QED) is 0.466. The molecule has 1 aliphatic carbocycles. The van der Waals surface area contributed by atoms with Gasteiger partial charge in [-0.3, -0.25) is 9.78 Å². The summed E-state index contributed by atoms with van der Waals surface area (Å²) in [7, 11) is -4.32. The van der Waals surface area contributed by atoms with Gasteiger partial charge in [-0.1, -0.05) is 0 Å². The van der Waals surface area contributed by atoms with E-state index in [9.17, 15) is 39.6 Å². The molecule has 6 rings (SSSR count). The van der Waals surface area contributed by atoms with Crippen LogP contribution in [0.1, 0.15) is 24.4 Å². The molecule has 8 nitrogen and oxygen atoms in total. The van der Waals surface area contributed by atoms with E-state index in [0.717, 1.165) is 29.0 Å². The number of pyridine rings is 1. The van der Waals surface area contributed by atoms with Crippen molar-refractivity contribution in [2.45, 2.75) is 42.5 Å². The third-order valence-electron chi connectivity index (χ3n) is 6.54. The van der Waals surface area contributed by atoms with Gasteiger partial charge < -0.3 is 5.32 Å². The minimum atomic E-state index is -4.77. The van der Waals surface area contributed by atoms with Crippen molar-refractivity contribution >= 4 is 15.9 Å². The Hall–Kier alpha value is -3.59. The Morgan fingerprint density at radius 1 is 0.974 bits per heavy atom. The summed E-state index contributed by atoms with van der Waals surface area (Å²) in [4.78, 5) is 22.8. The zero-order valence-electron chi connectivity index (χ0n) is 19.1. The van der Waals surface area contributed by atoms with Crippen molar-refractivity contribution in [3.05, 3.63) is 71.8 Å². The standard InChI is InChI=1S/C23H17F6N5O3S/c24-17-2-1-15(6-18(17)25)38(36,37)34-14-3-11(4-14)20(34)21(35)31-9-13-5-16(19(26)10-30-13)12-7-32-22(33-8-12)23(27,28)29/h1-2,5-8,10-11,14,20H,3-4,9H2,(H,31,35)/t11?,14?,20-/m0/s1. The minimum absolute atomic E-state index is 0.0501. The SMILES string of the molecule is O=C(NCc1cc(-c2cnc(C(F)(F)F)nc2)c(F)cn1)[C@@H]1C2CC(C2)N1S(=O)(=O)c1ccc(F)c(F)c1. The Labute approximate surface area is 211 Å². The molecule has 2 aromatic heterocycles. The van der Waals surface area contributed by atoms with Crippen molar-refractivity contribution < 1.29 is 39.6 Å². The number of hydrogen-bond acceptors (Lipinski definition) is 6. The Morgan fingerprint density at radius 3 is 2.29 bits per heavy atom. The van der Waals surface area contributed by atoms with E-state index in [1.807, 2.05) is 0 Å². The van der Waals surface area contributed by atoms with Crippen molar-refractivity contribution in [1.82, 2.24) is 24.6 Å². The Morgan fingerprint density at radius 2 is 1.66 bits per heavy atom. The maximum Gasteiger partial charge on any atom is 0.451 e. The highest BCUT2D eigenvalue weighted by molar-refractivity contribution is 7.89. The molecular weight excluding hydrogens is 540 g/mol. The summed E-state index contributed by atoms with van der Waals surface area (Å²) in [5.41, 5.74) is -0.0652. The van der Waals surface area contributed by atoms with Crippen LogP contribution in [0.3, 0.4) is 0 Å². The summed E-state index contributed by atoms with van der Waals surface area (Å²) in [6, 6.07) is 1.81. The average molecular weight is 557 g/mol. The van der Waals surface area contributed by atoms with Gasteiger partial charge in [-0.15, -0.1) is 0 Å².